The van der Waals surface area contributed by atoms with Crippen LogP contribution >= 0.6 is 11.6 Å². The van der Waals surface area contributed by atoms with E-state index in [4.69, 9.17) is 16.3 Å². The van der Waals surface area contributed by atoms with Crippen LogP contribution in [0.1, 0.15) is 0 Å². The number of para-hydroxylation sites is 1. The lowest BCUT2D eigenvalue weighted by molar-refractivity contribution is 0.416. The van der Waals surface area contributed by atoms with Gasteiger partial charge in [0, 0.05) is 6.20 Å². The number of imidazole rings is 1. The van der Waals surface area contributed by atoms with Gasteiger partial charge < -0.3 is 9.72 Å². The van der Waals surface area contributed by atoms with Crippen molar-refractivity contribution in [3.8, 4) is 17.1 Å². The second kappa shape index (κ2) is 4.31. The van der Waals surface area contributed by atoms with Crippen molar-refractivity contribution in [2.75, 3.05) is 7.11 Å². The van der Waals surface area contributed by atoms with Gasteiger partial charge in [0.05, 0.1) is 18.2 Å². The number of hydrogen-bond donors (Lipinski definition) is 1. The highest BCUT2D eigenvalue weighted by Gasteiger charge is 2.11. The first-order valence-electron chi connectivity index (χ1n) is 5.43. The summed E-state index contributed by atoms with van der Waals surface area (Å²) in [5, 5.41) is 0.393. The van der Waals surface area contributed by atoms with Gasteiger partial charge in [-0.15, -0.1) is 0 Å². The van der Waals surface area contributed by atoms with Gasteiger partial charge in [0.15, 0.2) is 5.15 Å². The predicted molar refractivity (Wildman–Crippen MR) is 70.9 cm³/mol. The van der Waals surface area contributed by atoms with Gasteiger partial charge in [0.2, 0.25) is 0 Å². The van der Waals surface area contributed by atoms with Crippen molar-refractivity contribution < 1.29 is 4.74 Å². The number of fused-ring (bicyclic) bond motifs is 1. The van der Waals surface area contributed by atoms with Crippen LogP contribution in [0.25, 0.3) is 22.4 Å². The Morgan fingerprint density at radius 3 is 2.83 bits per heavy atom. The molecule has 18 heavy (non-hydrogen) atoms. The summed E-state index contributed by atoms with van der Waals surface area (Å²) in [6, 6.07) is 9.53. The first-order chi connectivity index (χ1) is 8.79. The van der Waals surface area contributed by atoms with Crippen molar-refractivity contribution in [3.05, 3.63) is 41.7 Å². The molecule has 4 nitrogen and oxygen atoms in total. The Morgan fingerprint density at radius 1 is 1.22 bits per heavy atom. The largest absolute Gasteiger partial charge is 0.496 e. The van der Waals surface area contributed by atoms with Crippen LogP contribution < -0.4 is 4.74 Å². The normalized spacial score (nSPS) is 10.8. The van der Waals surface area contributed by atoms with Crippen molar-refractivity contribution in [2.24, 2.45) is 0 Å². The number of aromatic nitrogens is 3. The lowest BCUT2D eigenvalue weighted by Gasteiger charge is -2.04. The average Bonchev–Trinajstić information content (AvgIpc) is 2.84. The third kappa shape index (κ3) is 1.71. The van der Waals surface area contributed by atoms with Crippen molar-refractivity contribution in [3.63, 3.8) is 0 Å². The molecule has 2 heterocycles. The van der Waals surface area contributed by atoms with Crippen molar-refractivity contribution in [1.29, 1.82) is 0 Å². The fourth-order valence-corrected chi connectivity index (χ4v) is 2.07. The van der Waals surface area contributed by atoms with Crippen LogP contribution in [0.3, 0.4) is 0 Å². The number of H-pyrrole nitrogens is 1. The van der Waals surface area contributed by atoms with Gasteiger partial charge in [-0.1, -0.05) is 23.7 Å². The van der Waals surface area contributed by atoms with E-state index in [0.717, 1.165) is 22.7 Å². The molecule has 2 aromatic heterocycles. The molecule has 0 unspecified atom stereocenters. The molecule has 0 aliphatic rings. The SMILES string of the molecule is COc1ccccc1-c1nc2c(Cl)nccc2[nH]1. The highest BCUT2D eigenvalue weighted by atomic mass is 35.5. The van der Waals surface area contributed by atoms with Crippen LogP contribution in [-0.2, 0) is 0 Å². The first kappa shape index (κ1) is 11.0. The summed E-state index contributed by atoms with van der Waals surface area (Å²) in [7, 11) is 1.63. The number of ether oxygens (including phenoxy) is 1. The fourth-order valence-electron chi connectivity index (χ4n) is 1.87. The first-order valence-corrected chi connectivity index (χ1v) is 5.81. The molecule has 0 bridgehead atoms. The summed E-state index contributed by atoms with van der Waals surface area (Å²) in [5.74, 6) is 1.48. The van der Waals surface area contributed by atoms with Crippen LogP contribution in [0, 0.1) is 0 Å². The number of aromatic amines is 1. The van der Waals surface area contributed by atoms with Crippen molar-refractivity contribution in [1.82, 2.24) is 15.0 Å². The minimum Gasteiger partial charge on any atom is -0.496 e. The highest BCUT2D eigenvalue weighted by Crippen LogP contribution is 2.30. The van der Waals surface area contributed by atoms with E-state index in [1.807, 2.05) is 30.3 Å². The van der Waals surface area contributed by atoms with Gasteiger partial charge in [-0.05, 0) is 18.2 Å². The Hall–Kier alpha value is -2.07. The molecule has 3 rings (SSSR count). The molecular formula is C13H10ClN3O. The van der Waals surface area contributed by atoms with E-state index in [-0.39, 0.29) is 0 Å². The number of nitrogens with zero attached hydrogens (tertiary/aromatic N) is 2. The molecule has 3 aromatic rings. The smallest absolute Gasteiger partial charge is 0.156 e. The molecule has 0 aliphatic heterocycles. The summed E-state index contributed by atoms with van der Waals surface area (Å²) >= 11 is 6.01. The maximum Gasteiger partial charge on any atom is 0.156 e. The maximum atomic E-state index is 6.01. The predicted octanol–water partition coefficient (Wildman–Crippen LogP) is 3.29. The minimum atomic E-state index is 0.393. The Balaban J connectivity index is 2.23. The van der Waals surface area contributed by atoms with E-state index in [0.29, 0.717) is 10.7 Å². The monoisotopic (exact) mass is 259 g/mol. The molecule has 0 atom stereocenters. The van der Waals surface area contributed by atoms with Crippen LogP contribution in [0.15, 0.2) is 36.5 Å². The second-order valence-electron chi connectivity index (χ2n) is 3.78. The van der Waals surface area contributed by atoms with Gasteiger partial charge in [-0.2, -0.15) is 0 Å². The summed E-state index contributed by atoms with van der Waals surface area (Å²) < 4.78 is 5.32. The number of hydrogen-bond acceptors (Lipinski definition) is 3. The lowest BCUT2D eigenvalue weighted by atomic mass is 10.2. The Labute approximate surface area is 109 Å². The molecule has 0 fully saturated rings. The topological polar surface area (TPSA) is 50.8 Å². The molecule has 0 amide bonds. The molecule has 90 valence electrons. The van der Waals surface area contributed by atoms with Crippen molar-refractivity contribution in [2.45, 2.75) is 0 Å². The zero-order valence-electron chi connectivity index (χ0n) is 9.64. The summed E-state index contributed by atoms with van der Waals surface area (Å²) in [4.78, 5) is 11.7. The lowest BCUT2D eigenvalue weighted by Crippen LogP contribution is -1.88. The number of rotatable bonds is 2. The van der Waals surface area contributed by atoms with Crippen molar-refractivity contribution >= 4 is 22.6 Å². The number of halogens is 1. The minimum absolute atomic E-state index is 0.393. The average molecular weight is 260 g/mol. The quantitative estimate of drug-likeness (QED) is 0.719. The number of benzene rings is 1. The molecular weight excluding hydrogens is 250 g/mol. The van der Waals surface area contributed by atoms with E-state index < -0.39 is 0 Å². The van der Waals surface area contributed by atoms with Gasteiger partial charge >= 0.3 is 0 Å². The van der Waals surface area contributed by atoms with E-state index in [2.05, 4.69) is 15.0 Å². The number of methoxy groups -OCH3 is 1. The van der Waals surface area contributed by atoms with E-state index in [1.54, 1.807) is 13.3 Å². The van der Waals surface area contributed by atoms with Gasteiger partial charge in [-0.3, -0.25) is 0 Å². The van der Waals surface area contributed by atoms with Gasteiger partial charge in [-0.25, -0.2) is 9.97 Å². The standard InChI is InChI=1S/C13H10ClN3O/c1-18-10-5-3-2-4-8(10)13-16-9-6-7-15-12(14)11(9)17-13/h2-7H,1H3,(H,16,17). The van der Waals surface area contributed by atoms with Crippen LogP contribution in [0.4, 0.5) is 0 Å². The maximum absolute atomic E-state index is 6.01. The summed E-state index contributed by atoms with van der Waals surface area (Å²) in [5.41, 5.74) is 2.42. The highest BCUT2D eigenvalue weighted by molar-refractivity contribution is 6.33. The molecule has 1 N–H and O–H groups in total. The number of pyridine rings is 1. The van der Waals surface area contributed by atoms with Gasteiger partial charge in [0.25, 0.3) is 0 Å². The molecule has 5 heteroatoms. The second-order valence-corrected chi connectivity index (χ2v) is 4.14. The third-order valence-corrected chi connectivity index (χ3v) is 2.99. The zero-order chi connectivity index (χ0) is 12.5. The van der Waals surface area contributed by atoms with Gasteiger partial charge in [0.1, 0.15) is 17.1 Å². The van der Waals surface area contributed by atoms with Crippen LogP contribution in [0.2, 0.25) is 5.15 Å². The zero-order valence-corrected chi connectivity index (χ0v) is 10.4. The Bertz CT molecular complexity index is 708. The summed E-state index contributed by atoms with van der Waals surface area (Å²) in [6.07, 6.45) is 1.65. The third-order valence-electron chi connectivity index (χ3n) is 2.72. The Morgan fingerprint density at radius 2 is 2.06 bits per heavy atom. The molecule has 0 saturated carbocycles. The molecule has 0 aliphatic carbocycles. The van der Waals surface area contributed by atoms with E-state index in [9.17, 15) is 0 Å². The molecule has 1 aromatic carbocycles. The Kier molecular flexibility index (Phi) is 2.64. The molecule has 0 radical (unpaired) electrons. The molecule has 0 spiro atoms. The summed E-state index contributed by atoms with van der Waals surface area (Å²) in [6.45, 7) is 0. The fraction of sp³-hybridized carbons (Fsp3) is 0.0769. The van der Waals surface area contributed by atoms with Crippen LogP contribution in [-0.4, -0.2) is 22.1 Å². The van der Waals surface area contributed by atoms with E-state index in [1.165, 1.54) is 0 Å². The van der Waals surface area contributed by atoms with Crippen LogP contribution in [0.5, 0.6) is 5.75 Å². The number of nitrogens with one attached hydrogen (secondary N) is 1. The van der Waals surface area contributed by atoms with E-state index >= 15 is 0 Å². The molecule has 0 saturated heterocycles.